The highest BCUT2D eigenvalue weighted by Gasteiger charge is 2.09. The molecule has 3 nitrogen and oxygen atoms in total. The van der Waals surface area contributed by atoms with E-state index in [0.717, 1.165) is 27.9 Å². The molecule has 0 amide bonds. The Kier molecular flexibility index (Phi) is 2.37. The van der Waals surface area contributed by atoms with E-state index in [1.165, 1.54) is 0 Å². The van der Waals surface area contributed by atoms with Crippen LogP contribution in [0.3, 0.4) is 0 Å². The summed E-state index contributed by atoms with van der Waals surface area (Å²) in [5.41, 5.74) is 2.08. The van der Waals surface area contributed by atoms with Crippen LogP contribution in [0.2, 0.25) is 0 Å². The molecular weight excluding hydrogens is 244 g/mol. The molecule has 0 saturated carbocycles. The number of aromatic nitrogens is 2. The number of rotatable bonds is 2. The minimum Gasteiger partial charge on any atom is -0.303 e. The fourth-order valence-corrected chi connectivity index (χ4v) is 2.07. The Morgan fingerprint density at radius 3 is 3.07 bits per heavy atom. The van der Waals surface area contributed by atoms with Crippen LogP contribution >= 0.6 is 15.9 Å². The highest BCUT2D eigenvalue weighted by molar-refractivity contribution is 9.10. The van der Waals surface area contributed by atoms with Gasteiger partial charge in [-0.3, -0.25) is 4.40 Å². The first kappa shape index (κ1) is 9.40. The lowest BCUT2D eigenvalue weighted by Crippen LogP contribution is -1.98. The van der Waals surface area contributed by atoms with Gasteiger partial charge in [-0.1, -0.05) is 6.07 Å². The topological polar surface area (TPSA) is 34.4 Å². The summed E-state index contributed by atoms with van der Waals surface area (Å²) in [5, 5.41) is 0. The van der Waals surface area contributed by atoms with Gasteiger partial charge in [0.15, 0.2) is 0 Å². The third kappa shape index (κ3) is 1.35. The molecule has 0 N–H and O–H groups in total. The zero-order chi connectivity index (χ0) is 10.1. The van der Waals surface area contributed by atoms with E-state index in [0.29, 0.717) is 6.42 Å². The molecule has 2 heterocycles. The summed E-state index contributed by atoms with van der Waals surface area (Å²) in [7, 11) is 0. The van der Waals surface area contributed by atoms with Crippen LogP contribution < -0.4 is 0 Å². The van der Waals surface area contributed by atoms with Gasteiger partial charge in [-0.25, -0.2) is 4.98 Å². The number of nitrogens with zero attached hydrogens (tertiary/aromatic N) is 2. The number of aryl methyl sites for hydroxylation is 1. The Labute approximate surface area is 89.9 Å². The highest BCUT2D eigenvalue weighted by atomic mass is 79.9. The van der Waals surface area contributed by atoms with Gasteiger partial charge in [-0.15, -0.1) is 0 Å². The highest BCUT2D eigenvalue weighted by Crippen LogP contribution is 2.20. The van der Waals surface area contributed by atoms with Crippen LogP contribution in [-0.4, -0.2) is 15.7 Å². The Bertz CT molecular complexity index is 490. The fraction of sp³-hybridized carbons (Fsp3) is 0.200. The van der Waals surface area contributed by atoms with Gasteiger partial charge in [0.25, 0.3) is 0 Å². The third-order valence-electron chi connectivity index (χ3n) is 2.15. The third-order valence-corrected chi connectivity index (χ3v) is 2.73. The first-order valence-electron chi connectivity index (χ1n) is 4.30. The molecule has 14 heavy (non-hydrogen) atoms. The number of pyridine rings is 1. The molecule has 2 rings (SSSR count). The molecule has 0 unspecified atom stereocenters. The van der Waals surface area contributed by atoms with Crippen molar-refractivity contribution in [3.63, 3.8) is 0 Å². The van der Waals surface area contributed by atoms with Crippen molar-refractivity contribution in [2.45, 2.75) is 13.3 Å². The molecule has 0 bridgehead atoms. The maximum Gasteiger partial charge on any atom is 0.132 e. The average molecular weight is 253 g/mol. The summed E-state index contributed by atoms with van der Waals surface area (Å²) in [4.78, 5) is 14.8. The summed E-state index contributed by atoms with van der Waals surface area (Å²) < 4.78 is 2.77. The molecule has 0 spiro atoms. The second kappa shape index (κ2) is 3.53. The smallest absolute Gasteiger partial charge is 0.132 e. The second-order valence-electron chi connectivity index (χ2n) is 3.08. The van der Waals surface area contributed by atoms with Crippen LogP contribution in [0.1, 0.15) is 11.5 Å². The monoisotopic (exact) mass is 252 g/mol. The van der Waals surface area contributed by atoms with Gasteiger partial charge in [-0.2, -0.15) is 0 Å². The molecule has 2 aromatic rings. The number of carbonyl (C=O) groups is 1. The van der Waals surface area contributed by atoms with Gasteiger partial charge in [0.05, 0.1) is 11.9 Å². The van der Waals surface area contributed by atoms with Crippen molar-refractivity contribution in [3.05, 3.63) is 34.3 Å². The number of hydrogen-bond donors (Lipinski definition) is 0. The van der Waals surface area contributed by atoms with Crippen molar-refractivity contribution in [1.82, 2.24) is 9.38 Å². The summed E-state index contributed by atoms with van der Waals surface area (Å²) in [5.74, 6) is 0.778. The lowest BCUT2D eigenvalue weighted by molar-refractivity contribution is -0.107. The number of carbonyl (C=O) groups excluding carboxylic acids is 1. The number of imidazole rings is 1. The van der Waals surface area contributed by atoms with Crippen molar-refractivity contribution in [2.24, 2.45) is 0 Å². The van der Waals surface area contributed by atoms with Gasteiger partial charge >= 0.3 is 0 Å². The van der Waals surface area contributed by atoms with E-state index in [1.807, 2.05) is 29.5 Å². The maximum atomic E-state index is 10.5. The zero-order valence-corrected chi connectivity index (χ0v) is 9.28. The van der Waals surface area contributed by atoms with E-state index >= 15 is 0 Å². The van der Waals surface area contributed by atoms with Gasteiger partial charge < -0.3 is 4.79 Å². The first-order chi connectivity index (χ1) is 6.74. The zero-order valence-electron chi connectivity index (χ0n) is 7.70. The maximum absolute atomic E-state index is 10.5. The van der Waals surface area contributed by atoms with Gasteiger partial charge in [0.2, 0.25) is 0 Å². The lowest BCUT2D eigenvalue weighted by atomic mass is 10.3. The minimum atomic E-state index is 0.345. The van der Waals surface area contributed by atoms with Crippen LogP contribution in [0.25, 0.3) is 5.52 Å². The number of aldehydes is 1. The van der Waals surface area contributed by atoms with Crippen molar-refractivity contribution >= 4 is 27.7 Å². The van der Waals surface area contributed by atoms with E-state index in [-0.39, 0.29) is 0 Å². The SMILES string of the molecule is Cc1cccc2c(Br)nc(CC=O)n12. The number of halogens is 1. The summed E-state index contributed by atoms with van der Waals surface area (Å²) in [6.45, 7) is 2.00. The van der Waals surface area contributed by atoms with Gasteiger partial charge in [0.1, 0.15) is 16.7 Å². The van der Waals surface area contributed by atoms with Gasteiger partial charge in [-0.05, 0) is 35.0 Å². The molecular formula is C10H9BrN2O. The van der Waals surface area contributed by atoms with E-state index in [1.54, 1.807) is 0 Å². The molecule has 4 heteroatoms. The summed E-state index contributed by atoms with van der Waals surface area (Å²) in [6, 6.07) is 5.94. The molecule has 0 aliphatic rings. The quantitative estimate of drug-likeness (QED) is 0.768. The molecule has 0 fully saturated rings. The number of hydrogen-bond acceptors (Lipinski definition) is 2. The molecule has 0 aliphatic carbocycles. The first-order valence-corrected chi connectivity index (χ1v) is 5.09. The van der Waals surface area contributed by atoms with Crippen LogP contribution in [0.5, 0.6) is 0 Å². The van der Waals surface area contributed by atoms with Crippen molar-refractivity contribution < 1.29 is 4.79 Å². The number of fused-ring (bicyclic) bond motifs is 1. The standard InChI is InChI=1S/C10H9BrN2O/c1-7-3-2-4-8-10(11)12-9(5-6-14)13(7)8/h2-4,6H,5H2,1H3. The predicted molar refractivity (Wildman–Crippen MR) is 57.4 cm³/mol. The van der Waals surface area contributed by atoms with Crippen molar-refractivity contribution in [2.75, 3.05) is 0 Å². The van der Waals surface area contributed by atoms with E-state index in [9.17, 15) is 4.79 Å². The van der Waals surface area contributed by atoms with E-state index in [4.69, 9.17) is 0 Å². The van der Waals surface area contributed by atoms with Crippen molar-refractivity contribution in [1.29, 1.82) is 0 Å². The molecule has 72 valence electrons. The van der Waals surface area contributed by atoms with Crippen LogP contribution in [0.15, 0.2) is 22.8 Å². The Balaban J connectivity index is 2.78. The molecule has 2 aromatic heterocycles. The predicted octanol–water partition coefficient (Wildman–Crippen LogP) is 2.15. The molecule has 0 radical (unpaired) electrons. The van der Waals surface area contributed by atoms with Crippen molar-refractivity contribution in [3.8, 4) is 0 Å². The van der Waals surface area contributed by atoms with E-state index in [2.05, 4.69) is 20.9 Å². The van der Waals surface area contributed by atoms with Crippen LogP contribution in [0, 0.1) is 6.92 Å². The Morgan fingerprint density at radius 1 is 1.57 bits per heavy atom. The van der Waals surface area contributed by atoms with Crippen LogP contribution in [-0.2, 0) is 11.2 Å². The minimum absolute atomic E-state index is 0.345. The lowest BCUT2D eigenvalue weighted by Gasteiger charge is -2.01. The second-order valence-corrected chi connectivity index (χ2v) is 3.83. The Morgan fingerprint density at radius 2 is 2.36 bits per heavy atom. The summed E-state index contributed by atoms with van der Waals surface area (Å²) >= 11 is 3.37. The van der Waals surface area contributed by atoms with Crippen LogP contribution in [0.4, 0.5) is 0 Å². The normalized spacial score (nSPS) is 10.7. The average Bonchev–Trinajstić information content (AvgIpc) is 2.46. The van der Waals surface area contributed by atoms with E-state index < -0.39 is 0 Å². The molecule has 0 atom stereocenters. The summed E-state index contributed by atoms with van der Waals surface area (Å²) in [6.07, 6.45) is 1.21. The fourth-order valence-electron chi connectivity index (χ4n) is 1.55. The molecule has 0 aliphatic heterocycles. The largest absolute Gasteiger partial charge is 0.303 e. The van der Waals surface area contributed by atoms with Gasteiger partial charge in [0, 0.05) is 5.69 Å². The molecule has 0 saturated heterocycles. The molecule has 0 aromatic carbocycles. The Hall–Kier alpha value is -1.16.